The molecule has 1 aliphatic rings. The standard InChI is InChI=1S/C25H31N3O6/c1-4-28(5-2)18-9-8-16-10-15(6-7-17(16)11-18)14(3)19(12-26)24(32)27-21-23(31)22(30)20(13-29)34-25(21)33/h6-11,20-23,25,29-31,33H,4-5,13H2,1-3H3,(H,27,32)/b19-14+/t20-,21-,22-,23-,25?/m1/s1. The number of rotatable bonds is 7. The van der Waals surface area contributed by atoms with Crippen LogP contribution < -0.4 is 10.2 Å². The summed E-state index contributed by atoms with van der Waals surface area (Å²) in [5.74, 6) is -0.821. The van der Waals surface area contributed by atoms with Gasteiger partial charge in [0.15, 0.2) is 6.29 Å². The van der Waals surface area contributed by atoms with Gasteiger partial charge in [-0.3, -0.25) is 4.79 Å². The molecule has 0 aromatic heterocycles. The first-order chi connectivity index (χ1) is 16.2. The molecule has 1 unspecified atom stereocenters. The zero-order chi connectivity index (χ0) is 25.0. The molecule has 2 aromatic carbocycles. The van der Waals surface area contributed by atoms with E-state index in [1.807, 2.05) is 36.4 Å². The summed E-state index contributed by atoms with van der Waals surface area (Å²) >= 11 is 0. The quantitative estimate of drug-likeness (QED) is 0.297. The molecular weight excluding hydrogens is 438 g/mol. The lowest BCUT2D eigenvalue weighted by Gasteiger charge is -2.40. The van der Waals surface area contributed by atoms with Crippen molar-refractivity contribution in [2.75, 3.05) is 24.6 Å². The number of aliphatic hydroxyl groups is 4. The van der Waals surface area contributed by atoms with Gasteiger partial charge in [-0.05, 0) is 60.9 Å². The number of benzene rings is 2. The number of amides is 1. The van der Waals surface area contributed by atoms with Crippen LogP contribution in [0.3, 0.4) is 0 Å². The second kappa shape index (κ2) is 11.0. The van der Waals surface area contributed by atoms with E-state index in [2.05, 4.69) is 30.1 Å². The monoisotopic (exact) mass is 469 g/mol. The van der Waals surface area contributed by atoms with Gasteiger partial charge in [0, 0.05) is 18.8 Å². The van der Waals surface area contributed by atoms with Crippen LogP contribution in [0.2, 0.25) is 0 Å². The maximum atomic E-state index is 12.8. The Hall–Kier alpha value is -3.00. The van der Waals surface area contributed by atoms with E-state index in [4.69, 9.17) is 4.74 Å². The lowest BCUT2D eigenvalue weighted by atomic mass is 9.95. The van der Waals surface area contributed by atoms with E-state index in [-0.39, 0.29) is 5.57 Å². The first-order valence-corrected chi connectivity index (χ1v) is 11.3. The highest BCUT2D eigenvalue weighted by molar-refractivity contribution is 6.05. The van der Waals surface area contributed by atoms with E-state index in [9.17, 15) is 30.5 Å². The van der Waals surface area contributed by atoms with Crippen LogP contribution in [0.1, 0.15) is 26.3 Å². The Labute approximate surface area is 198 Å². The molecule has 1 amide bonds. The van der Waals surface area contributed by atoms with E-state index in [1.54, 1.807) is 6.92 Å². The van der Waals surface area contributed by atoms with Gasteiger partial charge in [0.25, 0.3) is 5.91 Å². The molecule has 1 aliphatic heterocycles. The number of nitrogens with zero attached hydrogens (tertiary/aromatic N) is 2. The van der Waals surface area contributed by atoms with Crippen molar-refractivity contribution < 1.29 is 30.0 Å². The average molecular weight is 470 g/mol. The van der Waals surface area contributed by atoms with Gasteiger partial charge >= 0.3 is 0 Å². The van der Waals surface area contributed by atoms with Crippen molar-refractivity contribution >= 4 is 27.9 Å². The first-order valence-electron chi connectivity index (χ1n) is 11.3. The lowest BCUT2D eigenvalue weighted by molar-refractivity contribution is -0.253. The fourth-order valence-electron chi connectivity index (χ4n) is 4.18. The minimum Gasteiger partial charge on any atom is -0.394 e. The van der Waals surface area contributed by atoms with Crippen LogP contribution in [0.5, 0.6) is 0 Å². The third-order valence-corrected chi connectivity index (χ3v) is 6.30. The Morgan fingerprint density at radius 2 is 1.74 bits per heavy atom. The molecule has 1 fully saturated rings. The average Bonchev–Trinajstić information content (AvgIpc) is 2.84. The normalized spacial score (nSPS) is 25.4. The van der Waals surface area contributed by atoms with Gasteiger partial charge in [0.2, 0.25) is 0 Å². The van der Waals surface area contributed by atoms with Gasteiger partial charge < -0.3 is 35.4 Å². The van der Waals surface area contributed by atoms with Crippen molar-refractivity contribution in [3.05, 3.63) is 47.5 Å². The maximum Gasteiger partial charge on any atom is 0.262 e. The number of nitrogens with one attached hydrogen (secondary N) is 1. The van der Waals surface area contributed by atoms with Crippen molar-refractivity contribution in [2.45, 2.75) is 51.4 Å². The molecule has 9 heteroatoms. The topological polar surface area (TPSA) is 146 Å². The molecule has 5 N–H and O–H groups in total. The molecule has 0 bridgehead atoms. The SMILES string of the molecule is CCN(CC)c1ccc2cc(/C(C)=C(\C#N)C(=O)N[C@H]3C(O)O[C@H](CO)[C@@H](O)[C@@H]3O)ccc2c1. The van der Waals surface area contributed by atoms with Crippen molar-refractivity contribution in [1.82, 2.24) is 5.32 Å². The number of hydrogen-bond donors (Lipinski definition) is 5. The number of hydrogen-bond acceptors (Lipinski definition) is 8. The van der Waals surface area contributed by atoms with E-state index in [1.165, 1.54) is 0 Å². The highest BCUT2D eigenvalue weighted by Crippen LogP contribution is 2.27. The van der Waals surface area contributed by atoms with Gasteiger partial charge in [-0.2, -0.15) is 5.26 Å². The van der Waals surface area contributed by atoms with Crippen LogP contribution in [0.25, 0.3) is 16.3 Å². The third-order valence-electron chi connectivity index (χ3n) is 6.30. The molecule has 2 aromatic rings. The number of anilines is 1. The van der Waals surface area contributed by atoms with E-state index < -0.39 is 43.2 Å². The Balaban J connectivity index is 1.87. The minimum absolute atomic E-state index is 0.197. The van der Waals surface area contributed by atoms with Crippen LogP contribution in [-0.4, -0.2) is 76.7 Å². The van der Waals surface area contributed by atoms with Gasteiger partial charge in [0.05, 0.1) is 6.61 Å². The van der Waals surface area contributed by atoms with Crippen molar-refractivity contribution in [3.63, 3.8) is 0 Å². The van der Waals surface area contributed by atoms with Crippen molar-refractivity contribution in [1.29, 1.82) is 5.26 Å². The maximum absolute atomic E-state index is 12.8. The zero-order valence-electron chi connectivity index (χ0n) is 19.5. The fourth-order valence-corrected chi connectivity index (χ4v) is 4.18. The minimum atomic E-state index is -1.67. The second-order valence-electron chi connectivity index (χ2n) is 8.26. The molecule has 0 aliphatic carbocycles. The lowest BCUT2D eigenvalue weighted by Crippen LogP contribution is -2.64. The van der Waals surface area contributed by atoms with Gasteiger partial charge in [0.1, 0.15) is 36.0 Å². The summed E-state index contributed by atoms with van der Waals surface area (Å²) in [6.07, 6.45) is -5.96. The highest BCUT2D eigenvalue weighted by Gasteiger charge is 2.44. The fraction of sp³-hybridized carbons (Fsp3) is 0.440. The Morgan fingerprint density at radius 1 is 1.09 bits per heavy atom. The predicted octanol–water partition coefficient (Wildman–Crippen LogP) is 0.899. The summed E-state index contributed by atoms with van der Waals surface area (Å²) in [4.78, 5) is 15.1. The van der Waals surface area contributed by atoms with E-state index in [0.717, 1.165) is 29.5 Å². The van der Waals surface area contributed by atoms with Crippen LogP contribution in [0, 0.1) is 11.3 Å². The molecule has 3 rings (SSSR count). The number of fused-ring (bicyclic) bond motifs is 1. The molecule has 182 valence electrons. The van der Waals surface area contributed by atoms with Gasteiger partial charge in [-0.25, -0.2) is 0 Å². The van der Waals surface area contributed by atoms with E-state index in [0.29, 0.717) is 11.1 Å². The summed E-state index contributed by atoms with van der Waals surface area (Å²) < 4.78 is 5.06. The summed E-state index contributed by atoms with van der Waals surface area (Å²) in [6, 6.07) is 12.3. The van der Waals surface area contributed by atoms with Crippen LogP contribution in [0.15, 0.2) is 42.0 Å². The summed E-state index contributed by atoms with van der Waals surface area (Å²) in [5, 5.41) is 53.6. The van der Waals surface area contributed by atoms with Gasteiger partial charge in [-0.1, -0.05) is 18.2 Å². The molecule has 0 saturated carbocycles. The largest absolute Gasteiger partial charge is 0.394 e. The summed E-state index contributed by atoms with van der Waals surface area (Å²) in [5.41, 5.74) is 2.02. The smallest absolute Gasteiger partial charge is 0.262 e. The number of allylic oxidation sites excluding steroid dienone is 1. The number of carbonyl (C=O) groups is 1. The number of ether oxygens (including phenoxy) is 1. The Kier molecular flexibility index (Phi) is 8.25. The summed E-state index contributed by atoms with van der Waals surface area (Å²) in [6.45, 7) is 7.03. The Morgan fingerprint density at radius 3 is 2.35 bits per heavy atom. The molecule has 34 heavy (non-hydrogen) atoms. The molecule has 0 radical (unpaired) electrons. The Bertz CT molecular complexity index is 1110. The van der Waals surface area contributed by atoms with Crippen LogP contribution >= 0.6 is 0 Å². The molecule has 1 heterocycles. The predicted molar refractivity (Wildman–Crippen MR) is 128 cm³/mol. The van der Waals surface area contributed by atoms with Crippen molar-refractivity contribution in [2.24, 2.45) is 0 Å². The van der Waals surface area contributed by atoms with E-state index >= 15 is 0 Å². The molecular formula is C25H31N3O6. The third kappa shape index (κ3) is 5.06. The highest BCUT2D eigenvalue weighted by atomic mass is 16.6. The molecule has 1 saturated heterocycles. The number of nitriles is 1. The second-order valence-corrected chi connectivity index (χ2v) is 8.26. The molecule has 5 atom stereocenters. The number of aliphatic hydroxyl groups excluding tert-OH is 4. The van der Waals surface area contributed by atoms with Crippen LogP contribution in [0.4, 0.5) is 5.69 Å². The zero-order valence-corrected chi connectivity index (χ0v) is 19.5. The molecule has 9 nitrogen and oxygen atoms in total. The summed E-state index contributed by atoms with van der Waals surface area (Å²) in [7, 11) is 0. The number of carbonyl (C=O) groups excluding carboxylic acids is 1. The first kappa shape index (κ1) is 25.6. The van der Waals surface area contributed by atoms with Gasteiger partial charge in [-0.15, -0.1) is 0 Å². The van der Waals surface area contributed by atoms with Crippen LogP contribution in [-0.2, 0) is 9.53 Å². The van der Waals surface area contributed by atoms with Crippen molar-refractivity contribution in [3.8, 4) is 6.07 Å². The molecule has 0 spiro atoms.